The van der Waals surface area contributed by atoms with Gasteiger partial charge in [0.15, 0.2) is 5.78 Å². The first-order valence-electron chi connectivity index (χ1n) is 6.65. The summed E-state index contributed by atoms with van der Waals surface area (Å²) in [5.41, 5.74) is 3.48. The van der Waals surface area contributed by atoms with Crippen molar-refractivity contribution in [3.05, 3.63) is 64.1 Å². The van der Waals surface area contributed by atoms with Gasteiger partial charge in [0.25, 0.3) is 0 Å². The molecule has 3 heteroatoms. The fourth-order valence-corrected chi connectivity index (χ4v) is 3.58. The monoisotopic (exact) mass is 338 g/mol. The van der Waals surface area contributed by atoms with E-state index < -0.39 is 0 Å². The molecule has 1 aliphatic carbocycles. The Hall–Kier alpha value is -2.13. The number of hydrogen-bond acceptors (Lipinski definition) is 2. The summed E-state index contributed by atoms with van der Waals surface area (Å²) >= 11 is 3.57. The quantitative estimate of drug-likeness (QED) is 0.497. The topological polar surface area (TPSA) is 26.3 Å². The van der Waals surface area contributed by atoms with Gasteiger partial charge in [0.05, 0.1) is 7.11 Å². The molecule has 3 aromatic carbocycles. The van der Waals surface area contributed by atoms with Gasteiger partial charge in [0.1, 0.15) is 5.75 Å². The SMILES string of the molecule is COc1ccc2c(c1)C(=O)c1cc(Br)c3ccccc3c1-2. The Morgan fingerprint density at radius 1 is 0.905 bits per heavy atom. The molecule has 0 bridgehead atoms. The highest BCUT2D eigenvalue weighted by molar-refractivity contribution is 9.10. The lowest BCUT2D eigenvalue weighted by molar-refractivity contribution is 0.104. The van der Waals surface area contributed by atoms with E-state index in [1.807, 2.05) is 36.4 Å². The van der Waals surface area contributed by atoms with Crippen LogP contribution in [0.1, 0.15) is 15.9 Å². The van der Waals surface area contributed by atoms with E-state index in [-0.39, 0.29) is 5.78 Å². The summed E-state index contributed by atoms with van der Waals surface area (Å²) in [6.45, 7) is 0. The van der Waals surface area contributed by atoms with Gasteiger partial charge in [0, 0.05) is 21.2 Å². The first-order chi connectivity index (χ1) is 10.2. The molecule has 1 aliphatic rings. The molecule has 0 N–H and O–H groups in total. The fourth-order valence-electron chi connectivity index (χ4n) is 3.00. The van der Waals surface area contributed by atoms with Crippen LogP contribution in [0.15, 0.2) is 53.0 Å². The molecule has 0 amide bonds. The number of methoxy groups -OCH3 is 1. The Kier molecular flexibility index (Phi) is 2.66. The van der Waals surface area contributed by atoms with E-state index in [0.717, 1.165) is 31.9 Å². The number of halogens is 1. The van der Waals surface area contributed by atoms with Crippen molar-refractivity contribution in [2.45, 2.75) is 0 Å². The first-order valence-corrected chi connectivity index (χ1v) is 7.44. The van der Waals surface area contributed by atoms with Crippen LogP contribution in [0.25, 0.3) is 21.9 Å². The number of ether oxygens (including phenoxy) is 1. The number of ketones is 1. The smallest absolute Gasteiger partial charge is 0.194 e. The molecule has 0 aliphatic heterocycles. The highest BCUT2D eigenvalue weighted by Crippen LogP contribution is 2.44. The molecular formula is C18H11BrO2. The molecule has 0 fully saturated rings. The van der Waals surface area contributed by atoms with Crippen molar-refractivity contribution in [1.29, 1.82) is 0 Å². The van der Waals surface area contributed by atoms with Crippen molar-refractivity contribution in [3.8, 4) is 16.9 Å². The molecular weight excluding hydrogens is 328 g/mol. The zero-order valence-electron chi connectivity index (χ0n) is 11.3. The lowest BCUT2D eigenvalue weighted by Gasteiger charge is -2.08. The molecule has 0 radical (unpaired) electrons. The van der Waals surface area contributed by atoms with Crippen LogP contribution in [0.5, 0.6) is 5.75 Å². The molecule has 0 aromatic heterocycles. The third-order valence-electron chi connectivity index (χ3n) is 3.98. The van der Waals surface area contributed by atoms with E-state index in [4.69, 9.17) is 4.74 Å². The summed E-state index contributed by atoms with van der Waals surface area (Å²) in [4.78, 5) is 12.7. The maximum atomic E-state index is 12.7. The van der Waals surface area contributed by atoms with Crippen molar-refractivity contribution in [1.82, 2.24) is 0 Å². The number of benzene rings is 3. The molecule has 102 valence electrons. The van der Waals surface area contributed by atoms with Crippen molar-refractivity contribution >= 4 is 32.5 Å². The molecule has 0 saturated carbocycles. The van der Waals surface area contributed by atoms with Crippen LogP contribution in [0.3, 0.4) is 0 Å². The maximum Gasteiger partial charge on any atom is 0.194 e. The number of hydrogen-bond donors (Lipinski definition) is 0. The summed E-state index contributed by atoms with van der Waals surface area (Å²) in [6.07, 6.45) is 0. The standard InChI is InChI=1S/C18H11BrO2/c1-21-10-6-7-13-14(8-10)18(20)15-9-16(19)11-4-2-3-5-12(11)17(13)15/h2-9H,1H3. The lowest BCUT2D eigenvalue weighted by Crippen LogP contribution is -1.96. The summed E-state index contributed by atoms with van der Waals surface area (Å²) in [5.74, 6) is 0.767. The predicted octanol–water partition coefficient (Wildman–Crippen LogP) is 4.82. The van der Waals surface area contributed by atoms with E-state index >= 15 is 0 Å². The summed E-state index contributed by atoms with van der Waals surface area (Å²) < 4.78 is 6.19. The van der Waals surface area contributed by atoms with Crippen LogP contribution >= 0.6 is 15.9 Å². The van der Waals surface area contributed by atoms with Crippen LogP contribution in [0, 0.1) is 0 Å². The molecule has 0 unspecified atom stereocenters. The Labute approximate surface area is 130 Å². The van der Waals surface area contributed by atoms with Gasteiger partial charge in [-0.3, -0.25) is 4.79 Å². The molecule has 3 aromatic rings. The third kappa shape index (κ3) is 1.67. The third-order valence-corrected chi connectivity index (χ3v) is 4.64. The van der Waals surface area contributed by atoms with Crippen molar-refractivity contribution in [2.75, 3.05) is 7.11 Å². The number of carbonyl (C=O) groups is 1. The zero-order valence-corrected chi connectivity index (χ0v) is 12.9. The van der Waals surface area contributed by atoms with Gasteiger partial charge in [-0.2, -0.15) is 0 Å². The van der Waals surface area contributed by atoms with Gasteiger partial charge in [-0.15, -0.1) is 0 Å². The second-order valence-electron chi connectivity index (χ2n) is 5.07. The highest BCUT2D eigenvalue weighted by Gasteiger charge is 2.29. The highest BCUT2D eigenvalue weighted by atomic mass is 79.9. The average molecular weight is 339 g/mol. The number of rotatable bonds is 1. The van der Waals surface area contributed by atoms with E-state index in [1.165, 1.54) is 0 Å². The van der Waals surface area contributed by atoms with Crippen LogP contribution in [0.4, 0.5) is 0 Å². The van der Waals surface area contributed by atoms with E-state index in [9.17, 15) is 4.79 Å². The van der Waals surface area contributed by atoms with E-state index in [0.29, 0.717) is 11.3 Å². The first kappa shape index (κ1) is 12.6. The van der Waals surface area contributed by atoms with Crippen molar-refractivity contribution in [2.24, 2.45) is 0 Å². The summed E-state index contributed by atoms with van der Waals surface area (Å²) in [5, 5.41) is 2.21. The summed E-state index contributed by atoms with van der Waals surface area (Å²) in [7, 11) is 1.61. The largest absolute Gasteiger partial charge is 0.497 e. The van der Waals surface area contributed by atoms with Gasteiger partial charge in [-0.25, -0.2) is 0 Å². The minimum absolute atomic E-state index is 0.0605. The molecule has 0 spiro atoms. The van der Waals surface area contributed by atoms with E-state index in [2.05, 4.69) is 28.1 Å². The van der Waals surface area contributed by atoms with Gasteiger partial charge in [0.2, 0.25) is 0 Å². The Morgan fingerprint density at radius 2 is 1.67 bits per heavy atom. The van der Waals surface area contributed by atoms with Crippen molar-refractivity contribution in [3.63, 3.8) is 0 Å². The fraction of sp³-hybridized carbons (Fsp3) is 0.0556. The van der Waals surface area contributed by atoms with Gasteiger partial charge >= 0.3 is 0 Å². The minimum atomic E-state index is 0.0605. The Balaban J connectivity index is 2.14. The molecule has 0 heterocycles. The van der Waals surface area contributed by atoms with Crippen LogP contribution in [-0.2, 0) is 0 Å². The predicted molar refractivity (Wildman–Crippen MR) is 87.1 cm³/mol. The second-order valence-corrected chi connectivity index (χ2v) is 5.92. The maximum absolute atomic E-state index is 12.7. The van der Waals surface area contributed by atoms with Crippen LogP contribution in [0.2, 0.25) is 0 Å². The number of carbonyl (C=O) groups excluding carboxylic acids is 1. The second kappa shape index (κ2) is 4.43. The Bertz CT molecular complexity index is 912. The van der Waals surface area contributed by atoms with Gasteiger partial charge in [-0.05, 0) is 40.6 Å². The lowest BCUT2D eigenvalue weighted by atomic mass is 9.98. The van der Waals surface area contributed by atoms with Crippen molar-refractivity contribution < 1.29 is 9.53 Å². The average Bonchev–Trinajstić information content (AvgIpc) is 2.80. The molecule has 21 heavy (non-hydrogen) atoms. The summed E-state index contributed by atoms with van der Waals surface area (Å²) in [6, 6.07) is 15.7. The van der Waals surface area contributed by atoms with Crippen LogP contribution in [-0.4, -0.2) is 12.9 Å². The molecule has 0 saturated heterocycles. The van der Waals surface area contributed by atoms with Gasteiger partial charge < -0.3 is 4.74 Å². The molecule has 4 rings (SSSR count). The minimum Gasteiger partial charge on any atom is -0.497 e. The zero-order chi connectivity index (χ0) is 14.6. The van der Waals surface area contributed by atoms with E-state index in [1.54, 1.807) is 7.11 Å². The van der Waals surface area contributed by atoms with Crippen LogP contribution < -0.4 is 4.74 Å². The number of fused-ring (bicyclic) bond motifs is 5. The Morgan fingerprint density at radius 3 is 2.43 bits per heavy atom. The van der Waals surface area contributed by atoms with Gasteiger partial charge in [-0.1, -0.05) is 40.2 Å². The molecule has 0 atom stereocenters. The molecule has 2 nitrogen and oxygen atoms in total. The normalized spacial score (nSPS) is 12.4.